The second kappa shape index (κ2) is 6.88. The lowest BCUT2D eigenvalue weighted by atomic mass is 9.77. The van der Waals surface area contributed by atoms with Crippen LogP contribution in [0.1, 0.15) is 0 Å². The molecule has 3 aliphatic rings. The van der Waals surface area contributed by atoms with Crippen LogP contribution in [0.4, 0.5) is 11.4 Å². The lowest BCUT2D eigenvalue weighted by Crippen LogP contribution is -2.41. The van der Waals surface area contributed by atoms with E-state index in [2.05, 4.69) is 5.32 Å². The Balaban J connectivity index is 1.41. The molecule has 0 aliphatic carbocycles. The number of nitrogens with one attached hydrogen (secondary N) is 1. The average Bonchev–Trinajstić information content (AvgIpc) is 3.42. The molecule has 4 atom stereocenters. The van der Waals surface area contributed by atoms with Gasteiger partial charge in [0.1, 0.15) is 5.60 Å². The number of rotatable bonds is 5. The highest BCUT2D eigenvalue weighted by atomic mass is 16.5. The van der Waals surface area contributed by atoms with Crippen LogP contribution < -0.4 is 19.7 Å². The number of carbonyl (C=O) groups excluding carboxylic acids is 2. The summed E-state index contributed by atoms with van der Waals surface area (Å²) in [5, 5.41) is 2.92. The standard InChI is InChI=1S/C23H22N2O5/c1-28-16-9-8-14(12-18(16)29-2)24-21(26)19-17-10-11-23(30-17)13-25(22(27)20(19)23)15-6-4-3-5-7-15/h3-12,17,19-20H,13H2,1-2H3,(H,24,26)/t17-,19+,20+,23+/m1/s1. The fourth-order valence-corrected chi connectivity index (χ4v) is 4.76. The van der Waals surface area contributed by atoms with E-state index in [0.29, 0.717) is 23.7 Å². The number of nitrogens with zero attached hydrogens (tertiary/aromatic N) is 1. The van der Waals surface area contributed by atoms with Gasteiger partial charge in [-0.05, 0) is 24.3 Å². The molecule has 3 aliphatic heterocycles. The Morgan fingerprint density at radius 1 is 1.13 bits per heavy atom. The summed E-state index contributed by atoms with van der Waals surface area (Å²) in [7, 11) is 3.09. The number of para-hydroxylation sites is 1. The number of hydrogen-bond acceptors (Lipinski definition) is 5. The molecule has 2 bridgehead atoms. The fraction of sp³-hybridized carbons (Fsp3) is 0.304. The number of hydrogen-bond donors (Lipinski definition) is 1. The van der Waals surface area contributed by atoms with E-state index in [4.69, 9.17) is 14.2 Å². The predicted octanol–water partition coefficient (Wildman–Crippen LogP) is 2.63. The molecule has 7 heteroatoms. The van der Waals surface area contributed by atoms with Crippen molar-refractivity contribution in [2.24, 2.45) is 11.8 Å². The molecule has 0 saturated carbocycles. The zero-order valence-corrected chi connectivity index (χ0v) is 16.7. The van der Waals surface area contributed by atoms with Crippen LogP contribution in [0.3, 0.4) is 0 Å². The van der Waals surface area contributed by atoms with Crippen LogP contribution in [0.15, 0.2) is 60.7 Å². The first-order valence-corrected chi connectivity index (χ1v) is 9.83. The van der Waals surface area contributed by atoms with Crippen LogP contribution in [-0.4, -0.2) is 44.3 Å². The van der Waals surface area contributed by atoms with Gasteiger partial charge >= 0.3 is 0 Å². The maximum atomic E-state index is 13.3. The maximum absolute atomic E-state index is 13.3. The van der Waals surface area contributed by atoms with Crippen LogP contribution in [0.25, 0.3) is 0 Å². The summed E-state index contributed by atoms with van der Waals surface area (Å²) in [5.41, 5.74) is 0.631. The van der Waals surface area contributed by atoms with E-state index in [1.165, 1.54) is 7.11 Å². The van der Waals surface area contributed by atoms with Crippen LogP contribution in [-0.2, 0) is 14.3 Å². The molecule has 2 aromatic rings. The molecule has 1 spiro atoms. The van der Waals surface area contributed by atoms with Crippen molar-refractivity contribution in [3.8, 4) is 11.5 Å². The van der Waals surface area contributed by atoms with E-state index in [-0.39, 0.29) is 11.8 Å². The van der Waals surface area contributed by atoms with Gasteiger partial charge in [0.05, 0.1) is 38.7 Å². The number of benzene rings is 2. The molecular formula is C23H22N2O5. The van der Waals surface area contributed by atoms with Gasteiger partial charge in [-0.3, -0.25) is 9.59 Å². The van der Waals surface area contributed by atoms with Gasteiger partial charge in [0.25, 0.3) is 0 Å². The predicted molar refractivity (Wildman–Crippen MR) is 111 cm³/mol. The van der Waals surface area contributed by atoms with Gasteiger partial charge < -0.3 is 24.4 Å². The van der Waals surface area contributed by atoms with Crippen LogP contribution in [0.2, 0.25) is 0 Å². The minimum absolute atomic E-state index is 0.0829. The third kappa shape index (κ3) is 2.69. The minimum Gasteiger partial charge on any atom is -0.493 e. The van der Waals surface area contributed by atoms with Crippen molar-refractivity contribution in [1.29, 1.82) is 0 Å². The SMILES string of the molecule is COc1ccc(NC(=O)[C@@H]2[C@H]3C(=O)N(c4ccccc4)C[C@@]34C=C[C@H]2O4)cc1OC. The van der Waals surface area contributed by atoms with Gasteiger partial charge in [-0.25, -0.2) is 0 Å². The monoisotopic (exact) mass is 406 g/mol. The van der Waals surface area contributed by atoms with Gasteiger partial charge in [-0.2, -0.15) is 0 Å². The van der Waals surface area contributed by atoms with Gasteiger partial charge in [-0.15, -0.1) is 0 Å². The van der Waals surface area contributed by atoms with E-state index in [1.54, 1.807) is 30.2 Å². The van der Waals surface area contributed by atoms with Crippen molar-refractivity contribution in [3.63, 3.8) is 0 Å². The summed E-state index contributed by atoms with van der Waals surface area (Å²) in [6.07, 6.45) is 3.44. The molecule has 0 radical (unpaired) electrons. The first-order valence-electron chi connectivity index (χ1n) is 9.83. The molecule has 0 aromatic heterocycles. The maximum Gasteiger partial charge on any atom is 0.234 e. The van der Waals surface area contributed by atoms with Crippen LogP contribution >= 0.6 is 0 Å². The molecule has 1 N–H and O–H groups in total. The highest BCUT2D eigenvalue weighted by Gasteiger charge is 2.67. The van der Waals surface area contributed by atoms with Crippen molar-refractivity contribution in [3.05, 3.63) is 60.7 Å². The Morgan fingerprint density at radius 2 is 1.90 bits per heavy atom. The van der Waals surface area contributed by atoms with Crippen molar-refractivity contribution in [2.75, 3.05) is 31.0 Å². The topological polar surface area (TPSA) is 77.1 Å². The van der Waals surface area contributed by atoms with Crippen molar-refractivity contribution < 1.29 is 23.8 Å². The smallest absolute Gasteiger partial charge is 0.234 e. The van der Waals surface area contributed by atoms with Crippen molar-refractivity contribution in [2.45, 2.75) is 11.7 Å². The number of carbonyl (C=O) groups is 2. The molecule has 154 valence electrons. The lowest BCUT2D eigenvalue weighted by molar-refractivity contribution is -0.128. The van der Waals surface area contributed by atoms with Gasteiger partial charge in [-0.1, -0.05) is 30.4 Å². The molecular weight excluding hydrogens is 384 g/mol. The molecule has 0 unspecified atom stereocenters. The number of ether oxygens (including phenoxy) is 3. The number of amides is 2. The second-order valence-corrected chi connectivity index (χ2v) is 7.72. The van der Waals surface area contributed by atoms with Gasteiger partial charge in [0, 0.05) is 17.4 Å². The number of anilines is 2. The Bertz CT molecular complexity index is 1040. The van der Waals surface area contributed by atoms with Gasteiger partial charge in [0.15, 0.2) is 11.5 Å². The summed E-state index contributed by atoms with van der Waals surface area (Å²) in [5.74, 6) is -0.377. The lowest BCUT2D eigenvalue weighted by Gasteiger charge is -2.23. The Labute approximate surface area is 174 Å². The summed E-state index contributed by atoms with van der Waals surface area (Å²) < 4.78 is 16.7. The molecule has 2 amide bonds. The fourth-order valence-electron chi connectivity index (χ4n) is 4.76. The molecule has 2 saturated heterocycles. The minimum atomic E-state index is -0.753. The van der Waals surface area contributed by atoms with Crippen molar-refractivity contribution >= 4 is 23.2 Å². The average molecular weight is 406 g/mol. The molecule has 2 aromatic carbocycles. The summed E-state index contributed by atoms with van der Waals surface area (Å²) in [4.78, 5) is 28.3. The normalized spacial score (nSPS) is 28.5. The Kier molecular flexibility index (Phi) is 4.29. The zero-order valence-electron chi connectivity index (χ0n) is 16.7. The molecule has 30 heavy (non-hydrogen) atoms. The van der Waals surface area contributed by atoms with E-state index in [9.17, 15) is 9.59 Å². The highest BCUT2D eigenvalue weighted by Crippen LogP contribution is 2.52. The molecule has 3 heterocycles. The first-order chi connectivity index (χ1) is 14.6. The molecule has 7 nitrogen and oxygen atoms in total. The van der Waals surface area contributed by atoms with E-state index < -0.39 is 23.5 Å². The summed E-state index contributed by atoms with van der Waals surface area (Å²) in [6.45, 7) is 0.410. The van der Waals surface area contributed by atoms with Gasteiger partial charge in [0.2, 0.25) is 11.8 Å². The quantitative estimate of drug-likeness (QED) is 0.773. The van der Waals surface area contributed by atoms with E-state index in [1.807, 2.05) is 42.5 Å². The zero-order chi connectivity index (χ0) is 20.9. The highest BCUT2D eigenvalue weighted by molar-refractivity contribution is 6.05. The summed E-state index contributed by atoms with van der Waals surface area (Å²) in [6, 6.07) is 14.6. The largest absolute Gasteiger partial charge is 0.493 e. The third-order valence-corrected chi connectivity index (χ3v) is 6.12. The molecule has 5 rings (SSSR count). The van der Waals surface area contributed by atoms with E-state index in [0.717, 1.165) is 5.69 Å². The number of methoxy groups -OCH3 is 2. The second-order valence-electron chi connectivity index (χ2n) is 7.72. The summed E-state index contributed by atoms with van der Waals surface area (Å²) >= 11 is 0. The van der Waals surface area contributed by atoms with Crippen LogP contribution in [0.5, 0.6) is 11.5 Å². The number of fused-ring (bicyclic) bond motifs is 1. The first kappa shape index (κ1) is 18.7. The Hall–Kier alpha value is -3.32. The third-order valence-electron chi connectivity index (χ3n) is 6.12. The van der Waals surface area contributed by atoms with Crippen molar-refractivity contribution in [1.82, 2.24) is 0 Å². The van der Waals surface area contributed by atoms with E-state index >= 15 is 0 Å². The molecule has 2 fully saturated rings. The van der Waals surface area contributed by atoms with Crippen LogP contribution in [0, 0.1) is 11.8 Å². The Morgan fingerprint density at radius 3 is 2.63 bits per heavy atom.